The third kappa shape index (κ3) is 5.56. The number of Topliss-reactive ketones (excluding diaryl/α,β-unsaturated/α-hetero) is 1. The number of carbonyl (C=O) groups is 2. The van der Waals surface area contributed by atoms with E-state index in [9.17, 15) is 9.59 Å². The van der Waals surface area contributed by atoms with Crippen LogP contribution in [0.25, 0.3) is 0 Å². The van der Waals surface area contributed by atoms with Crippen molar-refractivity contribution in [3.05, 3.63) is 52.0 Å². The number of halogens is 2. The predicted molar refractivity (Wildman–Crippen MR) is 102 cm³/mol. The number of hydrogen-bond donors (Lipinski definition) is 0. The lowest BCUT2D eigenvalue weighted by molar-refractivity contribution is -0.139. The molecule has 0 amide bonds. The maximum atomic E-state index is 12.2. The Morgan fingerprint density at radius 2 is 1.73 bits per heavy atom. The summed E-state index contributed by atoms with van der Waals surface area (Å²) in [5.74, 6) is 0.0795. The van der Waals surface area contributed by atoms with Crippen molar-refractivity contribution < 1.29 is 23.8 Å². The monoisotopic (exact) mass is 414 g/mol. The summed E-state index contributed by atoms with van der Waals surface area (Å²) in [7, 11) is 2.98. The third-order valence-electron chi connectivity index (χ3n) is 3.31. The molecule has 138 valence electrons. The van der Waals surface area contributed by atoms with E-state index >= 15 is 0 Å². The molecule has 0 aliphatic carbocycles. The summed E-state index contributed by atoms with van der Waals surface area (Å²) >= 11 is 13.1. The van der Waals surface area contributed by atoms with Crippen LogP contribution in [0.1, 0.15) is 10.4 Å². The molecule has 2 rings (SSSR count). The molecule has 0 atom stereocenters. The molecule has 0 spiro atoms. The molecule has 5 nitrogen and oxygen atoms in total. The summed E-state index contributed by atoms with van der Waals surface area (Å²) in [6.45, 7) is -0.363. The second kappa shape index (κ2) is 9.71. The zero-order valence-corrected chi connectivity index (χ0v) is 16.4. The molecule has 0 aliphatic heterocycles. The van der Waals surface area contributed by atoms with Crippen LogP contribution < -0.4 is 9.47 Å². The van der Waals surface area contributed by atoms with Crippen LogP contribution in [0.4, 0.5) is 0 Å². The first kappa shape index (κ1) is 20.4. The number of hydrogen-bond acceptors (Lipinski definition) is 6. The van der Waals surface area contributed by atoms with Gasteiger partial charge in [0, 0.05) is 15.5 Å². The Morgan fingerprint density at radius 1 is 1.00 bits per heavy atom. The van der Waals surface area contributed by atoms with Crippen molar-refractivity contribution in [1.29, 1.82) is 0 Å². The maximum Gasteiger partial charge on any atom is 0.316 e. The fourth-order valence-electron chi connectivity index (χ4n) is 2.01. The lowest BCUT2D eigenvalue weighted by Crippen LogP contribution is -2.15. The molecule has 0 saturated heterocycles. The Hall–Kier alpha value is -1.89. The third-order valence-corrected chi connectivity index (χ3v) is 5.01. The Bertz CT molecular complexity index is 810. The standard InChI is InChI=1S/C18H16Cl2O5S/c1-23-15-6-3-11(7-16(15)24-2)14(21)9-25-18(22)10-26-17-8-12(19)4-5-13(17)20/h3-8H,9-10H2,1-2H3. The largest absolute Gasteiger partial charge is 0.493 e. The molecule has 0 N–H and O–H groups in total. The lowest BCUT2D eigenvalue weighted by atomic mass is 10.1. The molecular formula is C18H16Cl2O5S. The van der Waals surface area contributed by atoms with Crippen molar-refractivity contribution in [3.8, 4) is 11.5 Å². The van der Waals surface area contributed by atoms with Gasteiger partial charge in [-0.05, 0) is 36.4 Å². The van der Waals surface area contributed by atoms with Gasteiger partial charge in [0.2, 0.25) is 0 Å². The van der Waals surface area contributed by atoms with Crippen LogP contribution in [0.2, 0.25) is 10.0 Å². The molecule has 0 aliphatic rings. The topological polar surface area (TPSA) is 61.8 Å². The fraction of sp³-hybridized carbons (Fsp3) is 0.222. The Balaban J connectivity index is 1.88. The number of thioether (sulfide) groups is 1. The van der Waals surface area contributed by atoms with Crippen LogP contribution in [0.15, 0.2) is 41.3 Å². The molecule has 0 bridgehead atoms. The van der Waals surface area contributed by atoms with Gasteiger partial charge in [0.05, 0.1) is 25.0 Å². The van der Waals surface area contributed by atoms with Crippen LogP contribution in [-0.4, -0.2) is 38.3 Å². The highest BCUT2D eigenvalue weighted by Gasteiger charge is 2.14. The maximum absolute atomic E-state index is 12.2. The molecule has 8 heteroatoms. The SMILES string of the molecule is COc1ccc(C(=O)COC(=O)CSc2cc(Cl)ccc2Cl)cc1OC. The Kier molecular flexibility index (Phi) is 7.63. The highest BCUT2D eigenvalue weighted by Crippen LogP contribution is 2.30. The minimum absolute atomic E-state index is 0.0132. The summed E-state index contributed by atoms with van der Waals surface area (Å²) in [5, 5.41) is 1.02. The summed E-state index contributed by atoms with van der Waals surface area (Å²) in [5.41, 5.74) is 0.362. The summed E-state index contributed by atoms with van der Waals surface area (Å²) in [4.78, 5) is 24.7. The highest BCUT2D eigenvalue weighted by atomic mass is 35.5. The lowest BCUT2D eigenvalue weighted by Gasteiger charge is -2.09. The minimum Gasteiger partial charge on any atom is -0.493 e. The highest BCUT2D eigenvalue weighted by molar-refractivity contribution is 8.00. The van der Waals surface area contributed by atoms with Gasteiger partial charge in [-0.2, -0.15) is 0 Å². The molecule has 2 aromatic rings. The van der Waals surface area contributed by atoms with E-state index in [1.54, 1.807) is 30.3 Å². The molecule has 0 saturated carbocycles. The van der Waals surface area contributed by atoms with E-state index in [1.807, 2.05) is 0 Å². The van der Waals surface area contributed by atoms with Gasteiger partial charge in [-0.3, -0.25) is 9.59 Å². The fourth-order valence-corrected chi connectivity index (χ4v) is 3.30. The van der Waals surface area contributed by atoms with E-state index in [-0.39, 0.29) is 18.1 Å². The zero-order chi connectivity index (χ0) is 19.1. The number of carbonyl (C=O) groups excluding carboxylic acids is 2. The molecule has 2 aromatic carbocycles. The van der Waals surface area contributed by atoms with Crippen molar-refractivity contribution in [2.24, 2.45) is 0 Å². The summed E-state index contributed by atoms with van der Waals surface area (Å²) < 4.78 is 15.3. The van der Waals surface area contributed by atoms with Crippen molar-refractivity contribution in [3.63, 3.8) is 0 Å². The molecule has 0 radical (unpaired) electrons. The normalized spacial score (nSPS) is 10.3. The molecule has 26 heavy (non-hydrogen) atoms. The van der Waals surface area contributed by atoms with Gasteiger partial charge in [0.1, 0.15) is 0 Å². The van der Waals surface area contributed by atoms with Gasteiger partial charge in [0.15, 0.2) is 23.9 Å². The molecule has 0 aromatic heterocycles. The molecule has 0 unspecified atom stereocenters. The van der Waals surface area contributed by atoms with Gasteiger partial charge in [-0.1, -0.05) is 23.2 Å². The number of ketones is 1. The van der Waals surface area contributed by atoms with E-state index in [0.29, 0.717) is 32.0 Å². The van der Waals surface area contributed by atoms with E-state index in [1.165, 1.54) is 32.0 Å². The van der Waals surface area contributed by atoms with Crippen molar-refractivity contribution in [2.75, 3.05) is 26.6 Å². The first-order chi connectivity index (χ1) is 12.4. The van der Waals surface area contributed by atoms with Crippen LogP contribution in [0.5, 0.6) is 11.5 Å². The summed E-state index contributed by atoms with van der Waals surface area (Å²) in [6.07, 6.45) is 0. The number of benzene rings is 2. The van der Waals surface area contributed by atoms with Crippen LogP contribution >= 0.6 is 35.0 Å². The van der Waals surface area contributed by atoms with Crippen molar-refractivity contribution >= 4 is 46.7 Å². The second-order valence-corrected chi connectivity index (χ2v) is 6.88. The van der Waals surface area contributed by atoms with E-state index in [4.69, 9.17) is 37.4 Å². The number of ether oxygens (including phenoxy) is 3. The van der Waals surface area contributed by atoms with E-state index < -0.39 is 5.97 Å². The average molecular weight is 415 g/mol. The van der Waals surface area contributed by atoms with Gasteiger partial charge in [-0.15, -0.1) is 11.8 Å². The predicted octanol–water partition coefficient (Wildman–Crippen LogP) is 4.53. The molecule has 0 fully saturated rings. The smallest absolute Gasteiger partial charge is 0.316 e. The van der Waals surface area contributed by atoms with E-state index in [0.717, 1.165) is 0 Å². The van der Waals surface area contributed by atoms with Gasteiger partial charge in [-0.25, -0.2) is 0 Å². The minimum atomic E-state index is -0.528. The number of esters is 1. The second-order valence-electron chi connectivity index (χ2n) is 5.02. The van der Waals surface area contributed by atoms with Gasteiger partial charge >= 0.3 is 5.97 Å². The molecule has 0 heterocycles. The zero-order valence-electron chi connectivity index (χ0n) is 14.1. The van der Waals surface area contributed by atoms with Gasteiger partial charge < -0.3 is 14.2 Å². The van der Waals surface area contributed by atoms with Crippen molar-refractivity contribution in [1.82, 2.24) is 0 Å². The van der Waals surface area contributed by atoms with Crippen LogP contribution in [0, 0.1) is 0 Å². The number of methoxy groups -OCH3 is 2. The summed E-state index contributed by atoms with van der Waals surface area (Å²) in [6, 6.07) is 9.71. The van der Waals surface area contributed by atoms with Crippen LogP contribution in [0.3, 0.4) is 0 Å². The Labute approximate surface area is 165 Å². The van der Waals surface area contributed by atoms with Crippen LogP contribution in [-0.2, 0) is 9.53 Å². The quantitative estimate of drug-likeness (QED) is 0.359. The van der Waals surface area contributed by atoms with Crippen molar-refractivity contribution in [2.45, 2.75) is 4.90 Å². The number of rotatable bonds is 8. The van der Waals surface area contributed by atoms with E-state index in [2.05, 4.69) is 0 Å². The Morgan fingerprint density at radius 3 is 2.42 bits per heavy atom. The van der Waals surface area contributed by atoms with Gasteiger partial charge in [0.25, 0.3) is 0 Å². The molecular weight excluding hydrogens is 399 g/mol. The first-order valence-electron chi connectivity index (χ1n) is 7.43. The average Bonchev–Trinajstić information content (AvgIpc) is 2.66. The first-order valence-corrected chi connectivity index (χ1v) is 9.17.